The van der Waals surface area contributed by atoms with Crippen molar-refractivity contribution < 1.29 is 9.84 Å². The molecule has 0 aliphatic heterocycles. The van der Waals surface area contributed by atoms with Crippen molar-refractivity contribution in [2.24, 2.45) is 5.92 Å². The molecular formula is C17H26O2. The van der Waals surface area contributed by atoms with Crippen molar-refractivity contribution in [1.82, 2.24) is 0 Å². The topological polar surface area (TPSA) is 29.5 Å². The molecule has 1 aromatic rings. The average molecular weight is 262 g/mol. The molecule has 1 unspecified atom stereocenters. The number of aliphatic hydroxyl groups is 1. The highest BCUT2D eigenvalue weighted by molar-refractivity contribution is 5.29. The minimum atomic E-state index is -0.338. The van der Waals surface area contributed by atoms with Gasteiger partial charge >= 0.3 is 0 Å². The third-order valence-electron chi connectivity index (χ3n) is 3.81. The van der Waals surface area contributed by atoms with Gasteiger partial charge in [-0.2, -0.15) is 0 Å². The summed E-state index contributed by atoms with van der Waals surface area (Å²) in [7, 11) is 0. The molecule has 1 aromatic carbocycles. The van der Waals surface area contributed by atoms with Crippen LogP contribution in [0, 0.1) is 5.92 Å². The van der Waals surface area contributed by atoms with E-state index in [2.05, 4.69) is 13.8 Å². The van der Waals surface area contributed by atoms with Gasteiger partial charge < -0.3 is 9.84 Å². The number of rotatable bonds is 8. The summed E-state index contributed by atoms with van der Waals surface area (Å²) in [5, 5.41) is 10.5. The van der Waals surface area contributed by atoms with E-state index in [1.807, 2.05) is 24.3 Å². The molecule has 1 N–H and O–H groups in total. The predicted molar refractivity (Wildman–Crippen MR) is 78.4 cm³/mol. The highest BCUT2D eigenvalue weighted by atomic mass is 16.5. The van der Waals surface area contributed by atoms with Gasteiger partial charge in [0.25, 0.3) is 0 Å². The summed E-state index contributed by atoms with van der Waals surface area (Å²) >= 11 is 0. The van der Waals surface area contributed by atoms with Gasteiger partial charge in [0.05, 0.1) is 12.2 Å². The first kappa shape index (κ1) is 14.4. The molecule has 0 heterocycles. The van der Waals surface area contributed by atoms with Crippen LogP contribution in [0.15, 0.2) is 24.3 Å². The molecular weight excluding hydrogens is 236 g/mol. The summed E-state index contributed by atoms with van der Waals surface area (Å²) in [6.45, 7) is 4.36. The Bertz CT molecular complexity index is 361. The summed E-state index contributed by atoms with van der Waals surface area (Å²) < 4.78 is 5.73. The third kappa shape index (κ3) is 4.24. The third-order valence-corrected chi connectivity index (χ3v) is 3.81. The lowest BCUT2D eigenvalue weighted by Gasteiger charge is -2.22. The van der Waals surface area contributed by atoms with Crippen molar-refractivity contribution >= 4 is 0 Å². The maximum absolute atomic E-state index is 10.5. The Morgan fingerprint density at radius 2 is 1.68 bits per heavy atom. The summed E-state index contributed by atoms with van der Waals surface area (Å²) in [4.78, 5) is 0. The zero-order valence-corrected chi connectivity index (χ0v) is 12.1. The van der Waals surface area contributed by atoms with Gasteiger partial charge in [0.2, 0.25) is 0 Å². The maximum Gasteiger partial charge on any atom is 0.119 e. The van der Waals surface area contributed by atoms with E-state index in [0.717, 1.165) is 37.0 Å². The van der Waals surface area contributed by atoms with E-state index >= 15 is 0 Å². The number of hydrogen-bond donors (Lipinski definition) is 1. The predicted octanol–water partition coefficient (Wildman–Crippen LogP) is 4.48. The van der Waals surface area contributed by atoms with Gasteiger partial charge in [-0.1, -0.05) is 38.8 Å². The molecule has 106 valence electrons. The number of aliphatic hydroxyl groups excluding tert-OH is 1. The van der Waals surface area contributed by atoms with E-state index in [-0.39, 0.29) is 6.10 Å². The smallest absolute Gasteiger partial charge is 0.119 e. The molecule has 0 aromatic heterocycles. The van der Waals surface area contributed by atoms with Crippen molar-refractivity contribution in [1.29, 1.82) is 0 Å². The molecule has 0 radical (unpaired) electrons. The van der Waals surface area contributed by atoms with Gasteiger partial charge in [0.1, 0.15) is 5.75 Å². The van der Waals surface area contributed by atoms with Crippen LogP contribution in [-0.4, -0.2) is 11.2 Å². The standard InChI is InChI=1S/C17H26O2/c1-3-5-13(6-4-2)17(18)14-7-9-15(10-8-14)19-16-11-12-16/h7-10,13,16-18H,3-6,11-12H2,1-2H3. The molecule has 0 bridgehead atoms. The second-order valence-electron chi connectivity index (χ2n) is 5.67. The van der Waals surface area contributed by atoms with Gasteiger partial charge in [-0.3, -0.25) is 0 Å². The van der Waals surface area contributed by atoms with Gasteiger partial charge in [-0.15, -0.1) is 0 Å². The number of ether oxygens (including phenoxy) is 1. The number of benzene rings is 1. The van der Waals surface area contributed by atoms with Gasteiger partial charge in [-0.05, 0) is 49.3 Å². The van der Waals surface area contributed by atoms with E-state index in [4.69, 9.17) is 4.74 Å². The van der Waals surface area contributed by atoms with Crippen LogP contribution >= 0.6 is 0 Å². The molecule has 2 rings (SSSR count). The first-order valence-electron chi connectivity index (χ1n) is 7.69. The van der Waals surface area contributed by atoms with Gasteiger partial charge in [0.15, 0.2) is 0 Å². The second-order valence-corrected chi connectivity index (χ2v) is 5.67. The Hall–Kier alpha value is -1.02. The molecule has 1 saturated carbocycles. The van der Waals surface area contributed by atoms with Crippen LogP contribution in [0.2, 0.25) is 0 Å². The van der Waals surface area contributed by atoms with E-state index in [1.54, 1.807) is 0 Å². The van der Waals surface area contributed by atoms with Crippen LogP contribution in [-0.2, 0) is 0 Å². The van der Waals surface area contributed by atoms with E-state index in [9.17, 15) is 5.11 Å². The minimum Gasteiger partial charge on any atom is -0.490 e. The Labute approximate surface area is 116 Å². The molecule has 1 atom stereocenters. The molecule has 1 fully saturated rings. The zero-order valence-electron chi connectivity index (χ0n) is 12.1. The minimum absolute atomic E-state index is 0.338. The Morgan fingerprint density at radius 3 is 2.16 bits per heavy atom. The fourth-order valence-electron chi connectivity index (χ4n) is 2.60. The van der Waals surface area contributed by atoms with Crippen LogP contribution in [0.3, 0.4) is 0 Å². The van der Waals surface area contributed by atoms with E-state index in [0.29, 0.717) is 12.0 Å². The SMILES string of the molecule is CCCC(CCC)C(O)c1ccc(OC2CC2)cc1. The Kier molecular flexibility index (Phi) is 5.26. The zero-order chi connectivity index (χ0) is 13.7. The lowest BCUT2D eigenvalue weighted by molar-refractivity contribution is 0.0964. The second kappa shape index (κ2) is 6.95. The first-order valence-corrected chi connectivity index (χ1v) is 7.69. The highest BCUT2D eigenvalue weighted by Crippen LogP contribution is 2.32. The number of hydrogen-bond acceptors (Lipinski definition) is 2. The fraction of sp³-hybridized carbons (Fsp3) is 0.647. The molecule has 19 heavy (non-hydrogen) atoms. The van der Waals surface area contributed by atoms with Crippen molar-refractivity contribution in [2.45, 2.75) is 64.6 Å². The fourth-order valence-corrected chi connectivity index (χ4v) is 2.60. The lowest BCUT2D eigenvalue weighted by Crippen LogP contribution is -2.12. The monoisotopic (exact) mass is 262 g/mol. The summed E-state index contributed by atoms with van der Waals surface area (Å²) in [6.07, 6.45) is 6.90. The van der Waals surface area contributed by atoms with Crippen molar-refractivity contribution in [3.05, 3.63) is 29.8 Å². The molecule has 2 heteroatoms. The lowest BCUT2D eigenvalue weighted by atomic mass is 9.88. The van der Waals surface area contributed by atoms with Gasteiger partial charge in [-0.25, -0.2) is 0 Å². The summed E-state index contributed by atoms with van der Waals surface area (Å²) in [5.74, 6) is 1.31. The quantitative estimate of drug-likeness (QED) is 0.748. The summed E-state index contributed by atoms with van der Waals surface area (Å²) in [5.41, 5.74) is 1.02. The van der Waals surface area contributed by atoms with Crippen LogP contribution < -0.4 is 4.74 Å². The Morgan fingerprint density at radius 1 is 1.11 bits per heavy atom. The van der Waals surface area contributed by atoms with Crippen LogP contribution in [0.4, 0.5) is 0 Å². The first-order chi connectivity index (χ1) is 9.24. The van der Waals surface area contributed by atoms with Gasteiger partial charge in [0, 0.05) is 0 Å². The molecule has 0 saturated heterocycles. The summed E-state index contributed by atoms with van der Waals surface area (Å²) in [6, 6.07) is 8.01. The van der Waals surface area contributed by atoms with Crippen molar-refractivity contribution in [2.75, 3.05) is 0 Å². The molecule has 2 nitrogen and oxygen atoms in total. The van der Waals surface area contributed by atoms with Crippen LogP contribution in [0.1, 0.15) is 64.0 Å². The molecule has 0 amide bonds. The normalized spacial score (nSPS) is 16.6. The van der Waals surface area contributed by atoms with Crippen molar-refractivity contribution in [3.63, 3.8) is 0 Å². The van der Waals surface area contributed by atoms with E-state index < -0.39 is 0 Å². The highest BCUT2D eigenvalue weighted by Gasteiger charge is 2.24. The largest absolute Gasteiger partial charge is 0.490 e. The molecule has 1 aliphatic rings. The maximum atomic E-state index is 10.5. The Balaban J connectivity index is 1.97. The van der Waals surface area contributed by atoms with Crippen molar-refractivity contribution in [3.8, 4) is 5.75 Å². The average Bonchev–Trinajstić information content (AvgIpc) is 3.23. The molecule has 1 aliphatic carbocycles. The molecule has 0 spiro atoms. The van der Waals surface area contributed by atoms with E-state index in [1.165, 1.54) is 12.8 Å². The van der Waals surface area contributed by atoms with Crippen LogP contribution in [0.5, 0.6) is 5.75 Å². The van der Waals surface area contributed by atoms with Crippen LogP contribution in [0.25, 0.3) is 0 Å².